The van der Waals surface area contributed by atoms with E-state index in [0.717, 1.165) is 19.5 Å². The van der Waals surface area contributed by atoms with Gasteiger partial charge in [-0.1, -0.05) is 25.1 Å². The number of likely N-dealkylation sites (N-methyl/N-ethyl adjacent to an activating group) is 1. The van der Waals surface area contributed by atoms with Crippen molar-refractivity contribution in [2.24, 2.45) is 4.99 Å². The summed E-state index contributed by atoms with van der Waals surface area (Å²) in [5.74, 6) is 0.581. The topological polar surface area (TPSA) is 67.1 Å². The van der Waals surface area contributed by atoms with E-state index < -0.39 is 0 Å². The summed E-state index contributed by atoms with van der Waals surface area (Å²) in [5, 5.41) is 12.3. The largest absolute Gasteiger partial charge is 0.497 e. The number of benzene rings is 2. The molecule has 1 unspecified atom stereocenters. The van der Waals surface area contributed by atoms with Crippen molar-refractivity contribution < 1.29 is 9.84 Å². The molecular formula is C24H27N3O3. The van der Waals surface area contributed by atoms with Gasteiger partial charge in [0.05, 0.1) is 24.9 Å². The number of aromatic nitrogens is 1. The first-order valence-electron chi connectivity index (χ1n) is 10.4. The van der Waals surface area contributed by atoms with Crippen molar-refractivity contribution in [2.45, 2.75) is 25.8 Å². The maximum Gasteiger partial charge on any atom is 0.265 e. The molecule has 0 radical (unpaired) electrons. The number of aromatic hydroxyl groups is 1. The maximum atomic E-state index is 13.1. The van der Waals surface area contributed by atoms with Crippen molar-refractivity contribution in [3.05, 3.63) is 64.4 Å². The fourth-order valence-electron chi connectivity index (χ4n) is 4.24. The zero-order valence-corrected chi connectivity index (χ0v) is 17.4. The molecule has 0 saturated carbocycles. The summed E-state index contributed by atoms with van der Waals surface area (Å²) in [6.45, 7) is 5.00. The Morgan fingerprint density at radius 1 is 1.17 bits per heavy atom. The van der Waals surface area contributed by atoms with E-state index in [9.17, 15) is 9.90 Å². The predicted octanol–water partition coefficient (Wildman–Crippen LogP) is 3.61. The second-order valence-corrected chi connectivity index (χ2v) is 7.54. The van der Waals surface area contributed by atoms with Crippen LogP contribution >= 0.6 is 0 Å². The van der Waals surface area contributed by atoms with Gasteiger partial charge in [-0.05, 0) is 56.3 Å². The van der Waals surface area contributed by atoms with E-state index >= 15 is 0 Å². The molecule has 1 fully saturated rings. The first-order valence-corrected chi connectivity index (χ1v) is 10.4. The number of hydrogen-bond donors (Lipinski definition) is 1. The van der Waals surface area contributed by atoms with Crippen molar-refractivity contribution >= 4 is 17.0 Å². The van der Waals surface area contributed by atoms with Gasteiger partial charge in [0.2, 0.25) is 5.88 Å². The molecule has 3 aromatic rings. The van der Waals surface area contributed by atoms with Crippen molar-refractivity contribution in [2.75, 3.05) is 26.7 Å². The van der Waals surface area contributed by atoms with Crippen molar-refractivity contribution in [1.29, 1.82) is 0 Å². The van der Waals surface area contributed by atoms with E-state index in [4.69, 9.17) is 4.74 Å². The van der Waals surface area contributed by atoms with Gasteiger partial charge in [-0.25, -0.2) is 4.57 Å². The molecule has 1 aliphatic heterocycles. The van der Waals surface area contributed by atoms with Gasteiger partial charge >= 0.3 is 0 Å². The summed E-state index contributed by atoms with van der Waals surface area (Å²) < 4.78 is 6.53. The van der Waals surface area contributed by atoms with Gasteiger partial charge in [0.1, 0.15) is 5.75 Å². The van der Waals surface area contributed by atoms with Gasteiger partial charge < -0.3 is 9.84 Å². The van der Waals surface area contributed by atoms with Gasteiger partial charge in [-0.15, -0.1) is 0 Å². The minimum Gasteiger partial charge on any atom is -0.497 e. The monoisotopic (exact) mass is 405 g/mol. The Bertz CT molecular complexity index is 1120. The molecule has 0 amide bonds. The number of aliphatic imine (C=N–C) groups is 1. The molecule has 4 rings (SSSR count). The fourth-order valence-corrected chi connectivity index (χ4v) is 4.24. The lowest BCUT2D eigenvalue weighted by Gasteiger charge is -2.20. The third kappa shape index (κ3) is 3.71. The highest BCUT2D eigenvalue weighted by atomic mass is 16.5. The van der Waals surface area contributed by atoms with Crippen LogP contribution in [0, 0.1) is 0 Å². The van der Waals surface area contributed by atoms with Crippen LogP contribution in [0.15, 0.2) is 58.3 Å². The van der Waals surface area contributed by atoms with Crippen LogP contribution in [0.4, 0.5) is 0 Å². The second-order valence-electron chi connectivity index (χ2n) is 7.54. The summed E-state index contributed by atoms with van der Waals surface area (Å²) in [5.41, 5.74) is 0.868. The van der Waals surface area contributed by atoms with Crippen molar-refractivity contribution in [3.63, 3.8) is 0 Å². The Morgan fingerprint density at radius 3 is 2.60 bits per heavy atom. The number of fused-ring (bicyclic) bond motifs is 1. The molecule has 0 aliphatic carbocycles. The lowest BCUT2D eigenvalue weighted by atomic mass is 10.1. The van der Waals surface area contributed by atoms with Crippen LogP contribution < -0.4 is 10.3 Å². The minimum atomic E-state index is -0.265. The molecule has 156 valence electrons. The number of nitrogens with zero attached hydrogens (tertiary/aromatic N) is 3. The number of methoxy groups -OCH3 is 1. The number of hydrogen-bond acceptors (Lipinski definition) is 5. The van der Waals surface area contributed by atoms with Crippen LogP contribution in [0.5, 0.6) is 11.6 Å². The fraction of sp³-hybridized carbons (Fsp3) is 0.333. The molecule has 1 aliphatic rings. The Balaban J connectivity index is 1.78. The average Bonchev–Trinajstić information content (AvgIpc) is 3.24. The molecule has 6 nitrogen and oxygen atoms in total. The standard InChI is InChI=1S/C24H27N3O3/c1-3-26-14-6-7-18(26)15-25-16-22-20-8-4-5-9-21(20)23(28)27(24(22)29)17-10-12-19(30-2)13-11-17/h4-5,8-13,16,18,29H,3,6-7,14-15H2,1-2H3. The van der Waals surface area contributed by atoms with E-state index in [1.807, 2.05) is 18.2 Å². The number of pyridine rings is 1. The van der Waals surface area contributed by atoms with E-state index in [2.05, 4.69) is 16.8 Å². The first kappa shape index (κ1) is 20.2. The molecule has 1 atom stereocenters. The number of likely N-dealkylation sites (tertiary alicyclic amines) is 1. The van der Waals surface area contributed by atoms with Crippen LogP contribution in [-0.4, -0.2) is 53.6 Å². The predicted molar refractivity (Wildman–Crippen MR) is 120 cm³/mol. The third-order valence-electron chi connectivity index (χ3n) is 5.88. The zero-order valence-electron chi connectivity index (χ0n) is 17.4. The molecule has 2 heterocycles. The lowest BCUT2D eigenvalue weighted by Crippen LogP contribution is -2.31. The smallest absolute Gasteiger partial charge is 0.265 e. The summed E-state index contributed by atoms with van der Waals surface area (Å²) in [7, 11) is 1.59. The molecule has 1 aromatic heterocycles. The van der Waals surface area contributed by atoms with Crippen LogP contribution in [0.3, 0.4) is 0 Å². The number of ether oxygens (including phenoxy) is 1. The highest BCUT2D eigenvalue weighted by molar-refractivity contribution is 6.01. The van der Waals surface area contributed by atoms with Gasteiger partial charge in [0.25, 0.3) is 5.56 Å². The van der Waals surface area contributed by atoms with Crippen molar-refractivity contribution in [3.8, 4) is 17.3 Å². The van der Waals surface area contributed by atoms with Crippen LogP contribution in [0.2, 0.25) is 0 Å². The Kier molecular flexibility index (Phi) is 5.86. The average molecular weight is 405 g/mol. The number of rotatable bonds is 6. The van der Waals surface area contributed by atoms with E-state index in [0.29, 0.717) is 40.4 Å². The maximum absolute atomic E-state index is 13.1. The van der Waals surface area contributed by atoms with Crippen LogP contribution in [-0.2, 0) is 0 Å². The van der Waals surface area contributed by atoms with Gasteiger partial charge in [0.15, 0.2) is 0 Å². The van der Waals surface area contributed by atoms with Gasteiger partial charge in [0, 0.05) is 23.0 Å². The molecule has 30 heavy (non-hydrogen) atoms. The Morgan fingerprint density at radius 2 is 1.90 bits per heavy atom. The SMILES string of the molecule is CCN1CCCC1CN=Cc1c(O)n(-c2ccc(OC)cc2)c(=O)c2ccccc12. The molecule has 1 N–H and O–H groups in total. The first-order chi connectivity index (χ1) is 14.6. The highest BCUT2D eigenvalue weighted by Crippen LogP contribution is 2.27. The Hall–Kier alpha value is -3.12. The quantitative estimate of drug-likeness (QED) is 0.636. The van der Waals surface area contributed by atoms with E-state index in [-0.39, 0.29) is 11.4 Å². The Labute approximate surface area is 176 Å². The van der Waals surface area contributed by atoms with Gasteiger partial charge in [-0.3, -0.25) is 14.7 Å². The van der Waals surface area contributed by atoms with Gasteiger partial charge in [-0.2, -0.15) is 0 Å². The summed E-state index contributed by atoms with van der Waals surface area (Å²) in [6, 6.07) is 14.8. The second kappa shape index (κ2) is 8.71. The van der Waals surface area contributed by atoms with Crippen LogP contribution in [0.25, 0.3) is 16.5 Å². The molecule has 0 spiro atoms. The molecule has 2 aromatic carbocycles. The highest BCUT2D eigenvalue weighted by Gasteiger charge is 2.22. The molecule has 6 heteroatoms. The summed E-state index contributed by atoms with van der Waals surface area (Å²) >= 11 is 0. The third-order valence-corrected chi connectivity index (χ3v) is 5.88. The molecule has 1 saturated heterocycles. The molecular weight excluding hydrogens is 378 g/mol. The normalized spacial score (nSPS) is 17.2. The van der Waals surface area contributed by atoms with E-state index in [1.54, 1.807) is 43.7 Å². The molecule has 0 bridgehead atoms. The van der Waals surface area contributed by atoms with Crippen LogP contribution in [0.1, 0.15) is 25.3 Å². The van der Waals surface area contributed by atoms with Crippen molar-refractivity contribution in [1.82, 2.24) is 9.47 Å². The lowest BCUT2D eigenvalue weighted by molar-refractivity contribution is 0.273. The zero-order chi connectivity index (χ0) is 21.1. The summed E-state index contributed by atoms with van der Waals surface area (Å²) in [6.07, 6.45) is 4.05. The van der Waals surface area contributed by atoms with E-state index in [1.165, 1.54) is 11.0 Å². The minimum absolute atomic E-state index is 0.105. The summed E-state index contributed by atoms with van der Waals surface area (Å²) in [4.78, 5) is 20.2.